The van der Waals surface area contributed by atoms with Crippen LogP contribution in [0, 0.1) is 11.3 Å². The molecule has 1 aromatic carbocycles. The van der Waals surface area contributed by atoms with E-state index in [1.165, 1.54) is 5.56 Å². The first-order valence-electron chi connectivity index (χ1n) is 8.92. The van der Waals surface area contributed by atoms with E-state index in [2.05, 4.69) is 12.1 Å². The van der Waals surface area contributed by atoms with Gasteiger partial charge in [-0.2, -0.15) is 0 Å². The average molecular weight is 369 g/mol. The number of nitrogens with zero attached hydrogens (tertiary/aromatic N) is 1. The summed E-state index contributed by atoms with van der Waals surface area (Å²) >= 11 is 0. The van der Waals surface area contributed by atoms with Gasteiger partial charge in [-0.15, -0.1) is 12.4 Å². The molecule has 0 aliphatic carbocycles. The molecule has 0 spiro atoms. The summed E-state index contributed by atoms with van der Waals surface area (Å²) in [6.07, 6.45) is 2.50. The molecular weight excluding hydrogens is 340 g/mol. The fourth-order valence-electron chi connectivity index (χ4n) is 3.67. The van der Waals surface area contributed by atoms with Crippen LogP contribution in [0.25, 0.3) is 0 Å². The Bertz CT molecular complexity index is 535. The van der Waals surface area contributed by atoms with Gasteiger partial charge >= 0.3 is 0 Å². The van der Waals surface area contributed by atoms with Crippen molar-refractivity contribution < 1.29 is 14.3 Å². The molecule has 0 saturated carbocycles. The maximum atomic E-state index is 12.9. The Labute approximate surface area is 156 Å². The molecule has 2 saturated heterocycles. The number of nitrogens with two attached hydrogens (primary N) is 1. The Hall–Kier alpha value is -1.14. The molecule has 25 heavy (non-hydrogen) atoms. The van der Waals surface area contributed by atoms with Gasteiger partial charge in [0.25, 0.3) is 0 Å². The first kappa shape index (κ1) is 20.2. The molecular formula is C19H29ClN2O3. The molecule has 0 aromatic heterocycles. The average Bonchev–Trinajstić information content (AvgIpc) is 3.11. The highest BCUT2D eigenvalue weighted by atomic mass is 35.5. The molecule has 2 aliphatic rings. The van der Waals surface area contributed by atoms with E-state index in [0.717, 1.165) is 32.4 Å². The number of likely N-dealkylation sites (tertiary alicyclic amines) is 1. The van der Waals surface area contributed by atoms with Crippen LogP contribution in [-0.2, 0) is 20.9 Å². The highest BCUT2D eigenvalue weighted by Crippen LogP contribution is 2.33. The van der Waals surface area contributed by atoms with Crippen molar-refractivity contribution in [2.75, 3.05) is 39.5 Å². The lowest BCUT2D eigenvalue weighted by molar-refractivity contribution is -0.146. The zero-order chi connectivity index (χ0) is 16.8. The van der Waals surface area contributed by atoms with E-state index in [-0.39, 0.29) is 18.3 Å². The van der Waals surface area contributed by atoms with E-state index in [1.807, 2.05) is 23.1 Å². The Morgan fingerprint density at radius 3 is 2.68 bits per heavy atom. The number of carbonyl (C=O) groups excluding carboxylic acids is 1. The first-order chi connectivity index (χ1) is 11.7. The maximum absolute atomic E-state index is 12.9. The molecule has 6 heteroatoms. The predicted octanol–water partition coefficient (Wildman–Crippen LogP) is 2.23. The van der Waals surface area contributed by atoms with Crippen LogP contribution >= 0.6 is 12.4 Å². The van der Waals surface area contributed by atoms with E-state index in [0.29, 0.717) is 38.9 Å². The highest BCUT2D eigenvalue weighted by molar-refractivity contribution is 5.85. The van der Waals surface area contributed by atoms with Gasteiger partial charge in [0.1, 0.15) is 0 Å². The van der Waals surface area contributed by atoms with Crippen LogP contribution < -0.4 is 5.73 Å². The normalized spacial score (nSPS) is 22.4. The van der Waals surface area contributed by atoms with Crippen molar-refractivity contribution in [3.8, 4) is 0 Å². The SMILES string of the molecule is Cl.NCC1(C(=O)N2CCC(COCc3ccccc3)C2)CCOCC1. The maximum Gasteiger partial charge on any atom is 0.230 e. The highest BCUT2D eigenvalue weighted by Gasteiger charge is 2.43. The molecule has 3 rings (SSSR count). The molecule has 2 heterocycles. The van der Waals surface area contributed by atoms with E-state index in [4.69, 9.17) is 15.2 Å². The monoisotopic (exact) mass is 368 g/mol. The molecule has 1 amide bonds. The zero-order valence-electron chi connectivity index (χ0n) is 14.7. The number of rotatable bonds is 6. The number of halogens is 1. The molecule has 0 radical (unpaired) electrons. The summed E-state index contributed by atoms with van der Waals surface area (Å²) in [4.78, 5) is 14.9. The molecule has 2 aliphatic heterocycles. The number of carbonyl (C=O) groups is 1. The third-order valence-electron chi connectivity index (χ3n) is 5.33. The fourth-order valence-corrected chi connectivity index (χ4v) is 3.67. The van der Waals surface area contributed by atoms with Gasteiger partial charge in [-0.25, -0.2) is 0 Å². The molecule has 0 bridgehead atoms. The number of hydrogen-bond acceptors (Lipinski definition) is 4. The summed E-state index contributed by atoms with van der Waals surface area (Å²) in [6, 6.07) is 10.2. The van der Waals surface area contributed by atoms with Crippen LogP contribution in [-0.4, -0.2) is 50.3 Å². The largest absolute Gasteiger partial charge is 0.381 e. The molecule has 2 N–H and O–H groups in total. The summed E-state index contributed by atoms with van der Waals surface area (Å²) in [5, 5.41) is 0. The van der Waals surface area contributed by atoms with Gasteiger partial charge in [0.2, 0.25) is 5.91 Å². The minimum atomic E-state index is -0.405. The van der Waals surface area contributed by atoms with Crippen molar-refractivity contribution in [3.63, 3.8) is 0 Å². The fraction of sp³-hybridized carbons (Fsp3) is 0.632. The van der Waals surface area contributed by atoms with Gasteiger partial charge in [-0.1, -0.05) is 30.3 Å². The molecule has 140 valence electrons. The van der Waals surface area contributed by atoms with Crippen molar-refractivity contribution in [1.82, 2.24) is 4.90 Å². The van der Waals surface area contributed by atoms with Crippen LogP contribution in [0.5, 0.6) is 0 Å². The third kappa shape index (κ3) is 4.94. The predicted molar refractivity (Wildman–Crippen MR) is 99.6 cm³/mol. The van der Waals surface area contributed by atoms with Crippen LogP contribution in [0.3, 0.4) is 0 Å². The zero-order valence-corrected chi connectivity index (χ0v) is 15.5. The van der Waals surface area contributed by atoms with Gasteiger partial charge < -0.3 is 20.1 Å². The first-order valence-corrected chi connectivity index (χ1v) is 8.92. The van der Waals surface area contributed by atoms with Crippen molar-refractivity contribution in [2.45, 2.75) is 25.9 Å². The van der Waals surface area contributed by atoms with E-state index in [9.17, 15) is 4.79 Å². The lowest BCUT2D eigenvalue weighted by atomic mass is 9.79. The molecule has 1 unspecified atom stereocenters. The van der Waals surface area contributed by atoms with Gasteiger partial charge in [-0.05, 0) is 24.8 Å². The van der Waals surface area contributed by atoms with E-state index in [1.54, 1.807) is 0 Å². The minimum absolute atomic E-state index is 0. The summed E-state index contributed by atoms with van der Waals surface area (Å²) in [5.74, 6) is 0.645. The lowest BCUT2D eigenvalue weighted by Crippen LogP contribution is -2.50. The van der Waals surface area contributed by atoms with Gasteiger partial charge in [0, 0.05) is 38.8 Å². The second kappa shape index (κ2) is 9.53. The van der Waals surface area contributed by atoms with Crippen molar-refractivity contribution >= 4 is 18.3 Å². The Kier molecular flexibility index (Phi) is 7.69. The van der Waals surface area contributed by atoms with Crippen molar-refractivity contribution in [3.05, 3.63) is 35.9 Å². The molecule has 1 aromatic rings. The number of ether oxygens (including phenoxy) is 2. The topological polar surface area (TPSA) is 64.8 Å². The van der Waals surface area contributed by atoms with Crippen LogP contribution in [0.4, 0.5) is 0 Å². The third-order valence-corrected chi connectivity index (χ3v) is 5.33. The van der Waals surface area contributed by atoms with Crippen molar-refractivity contribution in [1.29, 1.82) is 0 Å². The molecule has 2 fully saturated rings. The standard InChI is InChI=1S/C19H28N2O3.ClH/c20-15-19(7-10-23-11-8-19)18(22)21-9-6-17(12-21)14-24-13-16-4-2-1-3-5-16;/h1-5,17H,6-15,20H2;1H. The smallest absolute Gasteiger partial charge is 0.230 e. The second-order valence-electron chi connectivity index (χ2n) is 7.00. The number of benzene rings is 1. The summed E-state index contributed by atoms with van der Waals surface area (Å²) < 4.78 is 11.3. The summed E-state index contributed by atoms with van der Waals surface area (Å²) in [6.45, 7) is 4.64. The Balaban J connectivity index is 0.00000225. The van der Waals surface area contributed by atoms with E-state index >= 15 is 0 Å². The molecule has 5 nitrogen and oxygen atoms in total. The van der Waals surface area contributed by atoms with Crippen LogP contribution in [0.15, 0.2) is 30.3 Å². The molecule has 1 atom stereocenters. The number of amides is 1. The quantitative estimate of drug-likeness (QED) is 0.836. The summed E-state index contributed by atoms with van der Waals surface area (Å²) in [5.41, 5.74) is 6.74. The lowest BCUT2D eigenvalue weighted by Gasteiger charge is -2.37. The van der Waals surface area contributed by atoms with Gasteiger partial charge in [0.15, 0.2) is 0 Å². The minimum Gasteiger partial charge on any atom is -0.381 e. The number of hydrogen-bond donors (Lipinski definition) is 1. The van der Waals surface area contributed by atoms with Crippen LogP contribution in [0.1, 0.15) is 24.8 Å². The summed E-state index contributed by atoms with van der Waals surface area (Å²) in [7, 11) is 0. The van der Waals surface area contributed by atoms with Gasteiger partial charge in [0.05, 0.1) is 18.6 Å². The van der Waals surface area contributed by atoms with Crippen LogP contribution in [0.2, 0.25) is 0 Å². The van der Waals surface area contributed by atoms with Crippen molar-refractivity contribution in [2.24, 2.45) is 17.1 Å². The Morgan fingerprint density at radius 1 is 1.28 bits per heavy atom. The van der Waals surface area contributed by atoms with E-state index < -0.39 is 5.41 Å². The van der Waals surface area contributed by atoms with Gasteiger partial charge in [-0.3, -0.25) is 4.79 Å². The second-order valence-corrected chi connectivity index (χ2v) is 7.00. The Morgan fingerprint density at radius 2 is 2.00 bits per heavy atom.